The number of amides is 1. The van der Waals surface area contributed by atoms with Gasteiger partial charge in [0.1, 0.15) is 17.3 Å². The maximum Gasteiger partial charge on any atom is 0.433 e. The number of benzene rings is 1. The van der Waals surface area contributed by atoms with Gasteiger partial charge in [-0.3, -0.25) is 9.59 Å². The number of ketones is 1. The molecule has 0 saturated carbocycles. The summed E-state index contributed by atoms with van der Waals surface area (Å²) in [6, 6.07) is 10.0. The molecule has 178 valence electrons. The van der Waals surface area contributed by atoms with Gasteiger partial charge >= 0.3 is 6.09 Å². The molecule has 0 radical (unpaired) electrons. The summed E-state index contributed by atoms with van der Waals surface area (Å²) in [4.78, 5) is 40.8. The van der Waals surface area contributed by atoms with E-state index in [0.29, 0.717) is 18.6 Å². The summed E-state index contributed by atoms with van der Waals surface area (Å²) in [5.41, 5.74) is 0.191. The average Bonchev–Trinajstić information content (AvgIpc) is 3.28. The molecule has 2 heterocycles. The van der Waals surface area contributed by atoms with Crippen molar-refractivity contribution in [3.8, 4) is 5.75 Å². The van der Waals surface area contributed by atoms with Crippen LogP contribution in [0.3, 0.4) is 0 Å². The molecule has 1 aromatic carbocycles. The van der Waals surface area contributed by atoms with Crippen molar-refractivity contribution in [1.29, 1.82) is 0 Å². The van der Waals surface area contributed by atoms with Gasteiger partial charge in [0.15, 0.2) is 5.76 Å². The number of carbonyl (C=O) groups is 2. The number of aliphatic imine (C=N–C) groups is 1. The third-order valence-corrected chi connectivity index (χ3v) is 4.62. The van der Waals surface area contributed by atoms with Crippen LogP contribution < -0.4 is 10.2 Å². The topological polar surface area (TPSA) is 108 Å². The zero-order chi connectivity index (χ0) is 24.5. The van der Waals surface area contributed by atoms with Gasteiger partial charge in [-0.25, -0.2) is 9.18 Å². The monoisotopic (exact) mass is 469 g/mol. The van der Waals surface area contributed by atoms with E-state index in [-0.39, 0.29) is 42.1 Å². The Morgan fingerprint density at radius 1 is 1.09 bits per heavy atom. The third-order valence-electron chi connectivity index (χ3n) is 4.62. The fraction of sp³-hybridized carbons (Fsp3) is 0.280. The van der Waals surface area contributed by atoms with Crippen LogP contribution >= 0.6 is 0 Å². The Bertz CT molecular complexity index is 1220. The lowest BCUT2D eigenvalue weighted by atomic mass is 10.1. The summed E-state index contributed by atoms with van der Waals surface area (Å²) in [5, 5.41) is 0. The van der Waals surface area contributed by atoms with Crippen LogP contribution in [0.2, 0.25) is 0 Å². The number of furan rings is 1. The standard InChI is InChI=1S/C25H24FNO7/c1-3-5-12-32-23-20(28)14-19(15-27-25(30)31-4-2)34-24(23)22(29)21-11-10-18(33-21)13-16-6-8-17(26)9-7-16/h6-11,14-15H,3-5,12-13H2,1-2H3/b27-15+. The van der Waals surface area contributed by atoms with Gasteiger partial charge in [0.2, 0.25) is 16.9 Å². The van der Waals surface area contributed by atoms with Crippen molar-refractivity contribution in [2.75, 3.05) is 13.2 Å². The number of halogens is 1. The van der Waals surface area contributed by atoms with Gasteiger partial charge in [-0.2, -0.15) is 4.99 Å². The lowest BCUT2D eigenvalue weighted by molar-refractivity contribution is 0.0971. The van der Waals surface area contributed by atoms with Crippen LogP contribution in [-0.4, -0.2) is 31.3 Å². The normalized spacial score (nSPS) is 11.0. The second-order valence-electron chi connectivity index (χ2n) is 7.23. The fourth-order valence-corrected chi connectivity index (χ4v) is 2.96. The first-order valence-corrected chi connectivity index (χ1v) is 10.8. The number of hydrogen-bond acceptors (Lipinski definition) is 7. The molecule has 0 bridgehead atoms. The minimum Gasteiger partial charge on any atom is -0.486 e. The molecule has 0 atom stereocenters. The smallest absolute Gasteiger partial charge is 0.433 e. The molecule has 2 aromatic heterocycles. The number of unbranched alkanes of at least 4 members (excludes halogenated alkanes) is 1. The van der Waals surface area contributed by atoms with Crippen molar-refractivity contribution in [2.45, 2.75) is 33.1 Å². The van der Waals surface area contributed by atoms with Crippen LogP contribution in [0, 0.1) is 5.82 Å². The summed E-state index contributed by atoms with van der Waals surface area (Å²) >= 11 is 0. The molecule has 0 N–H and O–H groups in total. The van der Waals surface area contributed by atoms with Gasteiger partial charge in [-0.1, -0.05) is 25.5 Å². The second-order valence-corrected chi connectivity index (χ2v) is 7.23. The molecule has 0 unspecified atom stereocenters. The van der Waals surface area contributed by atoms with Gasteiger partial charge in [-0.15, -0.1) is 0 Å². The van der Waals surface area contributed by atoms with E-state index in [1.54, 1.807) is 25.1 Å². The van der Waals surface area contributed by atoms with E-state index in [1.165, 1.54) is 18.2 Å². The van der Waals surface area contributed by atoms with Crippen molar-refractivity contribution in [2.24, 2.45) is 4.99 Å². The number of hydrogen-bond donors (Lipinski definition) is 0. The Balaban J connectivity index is 1.90. The number of nitrogens with zero attached hydrogens (tertiary/aromatic N) is 1. The molecule has 0 fully saturated rings. The maximum absolute atomic E-state index is 13.2. The predicted molar refractivity (Wildman–Crippen MR) is 121 cm³/mol. The van der Waals surface area contributed by atoms with Crippen LogP contribution in [0.15, 0.2) is 61.1 Å². The zero-order valence-electron chi connectivity index (χ0n) is 18.8. The van der Waals surface area contributed by atoms with Crippen LogP contribution in [0.1, 0.15) is 60.1 Å². The van der Waals surface area contributed by atoms with Gasteiger partial charge < -0.3 is 18.3 Å². The maximum atomic E-state index is 13.2. The molecule has 3 aromatic rings. The van der Waals surface area contributed by atoms with Crippen LogP contribution in [-0.2, 0) is 11.2 Å². The Labute approximate surface area is 195 Å². The van der Waals surface area contributed by atoms with E-state index in [2.05, 4.69) is 4.99 Å². The van der Waals surface area contributed by atoms with Crippen molar-refractivity contribution < 1.29 is 32.3 Å². The molecule has 0 spiro atoms. The van der Waals surface area contributed by atoms with E-state index in [4.69, 9.17) is 18.3 Å². The summed E-state index contributed by atoms with van der Waals surface area (Å²) < 4.78 is 34.6. The molecular weight excluding hydrogens is 445 g/mol. The van der Waals surface area contributed by atoms with E-state index in [9.17, 15) is 18.8 Å². The quantitative estimate of drug-likeness (QED) is 0.235. The van der Waals surface area contributed by atoms with E-state index in [0.717, 1.165) is 24.3 Å². The minimum atomic E-state index is -0.863. The highest BCUT2D eigenvalue weighted by Crippen LogP contribution is 2.22. The zero-order valence-corrected chi connectivity index (χ0v) is 18.8. The van der Waals surface area contributed by atoms with E-state index in [1.807, 2.05) is 6.92 Å². The van der Waals surface area contributed by atoms with Crippen molar-refractivity contribution in [3.05, 3.63) is 87.1 Å². The Kier molecular flexibility index (Phi) is 8.50. The Morgan fingerprint density at radius 3 is 2.56 bits per heavy atom. The summed E-state index contributed by atoms with van der Waals surface area (Å²) in [6.45, 7) is 3.93. The van der Waals surface area contributed by atoms with E-state index >= 15 is 0 Å². The van der Waals surface area contributed by atoms with Crippen LogP contribution in [0.5, 0.6) is 5.75 Å². The molecule has 0 aliphatic rings. The summed E-state index contributed by atoms with van der Waals surface area (Å²) in [6.07, 6.45) is 1.96. The number of rotatable bonds is 10. The Hall–Kier alpha value is -4.01. The number of ether oxygens (including phenoxy) is 2. The Morgan fingerprint density at radius 2 is 1.85 bits per heavy atom. The molecule has 34 heavy (non-hydrogen) atoms. The summed E-state index contributed by atoms with van der Waals surface area (Å²) in [7, 11) is 0. The second kappa shape index (κ2) is 11.7. The molecule has 0 aliphatic carbocycles. The SMILES string of the molecule is CCCCOc1c(C(=O)c2ccc(Cc3ccc(F)cc3)o2)oc(/C=N/C(=O)OCC)cc1=O. The minimum absolute atomic E-state index is 0.0694. The van der Waals surface area contributed by atoms with Crippen LogP contribution in [0.25, 0.3) is 0 Å². The van der Waals surface area contributed by atoms with Gasteiger partial charge in [-0.05, 0) is 43.2 Å². The van der Waals surface area contributed by atoms with Crippen LogP contribution in [0.4, 0.5) is 9.18 Å². The average molecular weight is 469 g/mol. The first-order valence-electron chi connectivity index (χ1n) is 10.8. The molecule has 9 heteroatoms. The van der Waals surface area contributed by atoms with Gasteiger partial charge in [0.05, 0.1) is 19.4 Å². The fourth-order valence-electron chi connectivity index (χ4n) is 2.96. The van der Waals surface area contributed by atoms with Crippen molar-refractivity contribution >= 4 is 18.1 Å². The lowest BCUT2D eigenvalue weighted by Crippen LogP contribution is -2.16. The highest BCUT2D eigenvalue weighted by atomic mass is 19.1. The molecule has 8 nitrogen and oxygen atoms in total. The first kappa shape index (κ1) is 24.6. The van der Waals surface area contributed by atoms with Crippen molar-refractivity contribution in [3.63, 3.8) is 0 Å². The highest BCUT2D eigenvalue weighted by Gasteiger charge is 2.25. The van der Waals surface area contributed by atoms with E-state index < -0.39 is 17.3 Å². The largest absolute Gasteiger partial charge is 0.486 e. The lowest BCUT2D eigenvalue weighted by Gasteiger charge is -2.09. The predicted octanol–water partition coefficient (Wildman–Crippen LogP) is 4.95. The molecule has 0 aliphatic heterocycles. The first-order chi connectivity index (χ1) is 16.4. The molecule has 0 saturated heterocycles. The third kappa shape index (κ3) is 6.50. The van der Waals surface area contributed by atoms with Crippen molar-refractivity contribution in [1.82, 2.24) is 0 Å². The molecule has 3 rings (SSSR count). The number of carbonyl (C=O) groups excluding carboxylic acids is 2. The van der Waals surface area contributed by atoms with Gasteiger partial charge in [0.25, 0.3) is 5.78 Å². The molecular formula is C25H24FNO7. The molecule has 1 amide bonds. The highest BCUT2D eigenvalue weighted by molar-refractivity contribution is 6.07. The van der Waals surface area contributed by atoms with Gasteiger partial charge in [0, 0.05) is 12.5 Å². The summed E-state index contributed by atoms with van der Waals surface area (Å²) in [5.74, 6) is -1.40.